The molecule has 0 radical (unpaired) electrons. The zero-order valence-electron chi connectivity index (χ0n) is 17.5. The fourth-order valence-corrected chi connectivity index (χ4v) is 3.66. The third kappa shape index (κ3) is 6.35. The molecule has 1 aromatic carbocycles. The van der Waals surface area contributed by atoms with Gasteiger partial charge in [-0.05, 0) is 73.0 Å². The van der Waals surface area contributed by atoms with Crippen molar-refractivity contribution < 1.29 is 22.7 Å². The van der Waals surface area contributed by atoms with Crippen LogP contribution in [0.25, 0.3) is 0 Å². The van der Waals surface area contributed by atoms with E-state index in [-0.39, 0.29) is 17.7 Å². The number of aromatic nitrogens is 1. The highest BCUT2D eigenvalue weighted by atomic mass is 79.9. The number of halogens is 4. The number of nitrogens with one attached hydrogen (secondary N) is 1. The van der Waals surface area contributed by atoms with E-state index in [0.29, 0.717) is 23.2 Å². The van der Waals surface area contributed by atoms with Gasteiger partial charge in [-0.2, -0.15) is 13.2 Å². The van der Waals surface area contributed by atoms with Gasteiger partial charge in [-0.1, -0.05) is 12.1 Å². The predicted octanol–water partition coefficient (Wildman–Crippen LogP) is 6.28. The van der Waals surface area contributed by atoms with Gasteiger partial charge in [0.2, 0.25) is 0 Å². The van der Waals surface area contributed by atoms with Gasteiger partial charge >= 0.3 is 12.3 Å². The zero-order chi connectivity index (χ0) is 22.8. The molecule has 1 aliphatic heterocycles. The number of hydrogen-bond acceptors (Lipinski definition) is 4. The van der Waals surface area contributed by atoms with Gasteiger partial charge in [0.15, 0.2) is 6.04 Å². The van der Waals surface area contributed by atoms with Crippen molar-refractivity contribution in [2.75, 3.05) is 18.4 Å². The first-order valence-electron chi connectivity index (χ1n) is 9.95. The molecule has 2 atom stereocenters. The second-order valence-corrected chi connectivity index (χ2v) is 9.47. The lowest BCUT2D eigenvalue weighted by molar-refractivity contribution is -0.144. The Morgan fingerprint density at radius 3 is 2.42 bits per heavy atom. The lowest BCUT2D eigenvalue weighted by Gasteiger charge is -2.24. The highest BCUT2D eigenvalue weighted by Gasteiger charge is 2.42. The largest absolute Gasteiger partial charge is 0.444 e. The lowest BCUT2D eigenvalue weighted by Crippen LogP contribution is -2.35. The lowest BCUT2D eigenvalue weighted by atomic mass is 9.98. The van der Waals surface area contributed by atoms with Crippen molar-refractivity contribution in [3.8, 4) is 0 Å². The van der Waals surface area contributed by atoms with Gasteiger partial charge in [0.05, 0.1) is 5.69 Å². The predicted molar refractivity (Wildman–Crippen MR) is 116 cm³/mol. The van der Waals surface area contributed by atoms with Crippen molar-refractivity contribution in [2.24, 2.45) is 0 Å². The molecule has 1 saturated heterocycles. The summed E-state index contributed by atoms with van der Waals surface area (Å²) >= 11 is 3.18. The first kappa shape index (κ1) is 23.4. The molecule has 2 aromatic rings. The summed E-state index contributed by atoms with van der Waals surface area (Å²) < 4.78 is 46.8. The summed E-state index contributed by atoms with van der Waals surface area (Å²) in [6.45, 7) is 6.58. The molecule has 3 rings (SSSR count). The molecule has 31 heavy (non-hydrogen) atoms. The third-order valence-corrected chi connectivity index (χ3v) is 5.38. The average Bonchev–Trinajstić information content (AvgIpc) is 3.16. The molecule has 168 valence electrons. The summed E-state index contributed by atoms with van der Waals surface area (Å²) in [5.41, 5.74) is 0.657. The minimum absolute atomic E-state index is 0.108. The van der Waals surface area contributed by atoms with Crippen molar-refractivity contribution in [2.45, 2.75) is 50.9 Å². The molecular formula is C22H25BrF3N3O2. The number of pyridine rings is 1. The summed E-state index contributed by atoms with van der Waals surface area (Å²) in [5.74, 6) is 0.119. The highest BCUT2D eigenvalue weighted by Crippen LogP contribution is 2.36. The van der Waals surface area contributed by atoms with Gasteiger partial charge < -0.3 is 15.0 Å². The van der Waals surface area contributed by atoms with Crippen molar-refractivity contribution in [1.82, 2.24) is 9.88 Å². The van der Waals surface area contributed by atoms with Gasteiger partial charge in [0.25, 0.3) is 0 Å². The van der Waals surface area contributed by atoms with Crippen molar-refractivity contribution in [3.63, 3.8) is 0 Å². The summed E-state index contributed by atoms with van der Waals surface area (Å²) in [7, 11) is 0. The van der Waals surface area contributed by atoms with E-state index in [1.807, 2.05) is 20.8 Å². The van der Waals surface area contributed by atoms with Crippen LogP contribution in [0.1, 0.15) is 50.4 Å². The minimum atomic E-state index is -4.50. The van der Waals surface area contributed by atoms with Crippen LogP contribution in [-0.2, 0) is 4.74 Å². The summed E-state index contributed by atoms with van der Waals surface area (Å²) in [6.07, 6.45) is -2.72. The molecule has 1 amide bonds. The number of anilines is 1. The number of likely N-dealkylation sites (tertiary alicyclic amines) is 1. The summed E-state index contributed by atoms with van der Waals surface area (Å²) in [6, 6.07) is 7.81. The van der Waals surface area contributed by atoms with E-state index in [0.717, 1.165) is 12.0 Å². The zero-order valence-corrected chi connectivity index (χ0v) is 19.1. The van der Waals surface area contributed by atoms with Crippen molar-refractivity contribution >= 4 is 27.7 Å². The normalized spacial score (nSPS) is 18.0. The molecule has 1 fully saturated rings. The summed E-state index contributed by atoms with van der Waals surface area (Å²) in [5, 5.41) is 2.54. The van der Waals surface area contributed by atoms with Crippen molar-refractivity contribution in [3.05, 3.63) is 58.3 Å². The molecule has 0 unspecified atom stereocenters. The van der Waals surface area contributed by atoms with E-state index in [1.54, 1.807) is 29.2 Å². The van der Waals surface area contributed by atoms with E-state index in [4.69, 9.17) is 4.74 Å². The number of benzene rings is 1. The molecule has 0 bridgehead atoms. The molecule has 0 aliphatic carbocycles. The van der Waals surface area contributed by atoms with Gasteiger partial charge in [-0.25, -0.2) is 4.79 Å². The molecular weight excluding hydrogens is 475 g/mol. The second kappa shape index (κ2) is 9.06. The van der Waals surface area contributed by atoms with Crippen LogP contribution in [0.2, 0.25) is 0 Å². The number of ether oxygens (including phenoxy) is 1. The average molecular weight is 500 g/mol. The van der Waals surface area contributed by atoms with E-state index in [2.05, 4.69) is 26.2 Å². The highest BCUT2D eigenvalue weighted by molar-refractivity contribution is 9.10. The Morgan fingerprint density at radius 1 is 1.19 bits per heavy atom. The molecule has 1 aromatic heterocycles. The van der Waals surface area contributed by atoms with Crippen LogP contribution in [0.3, 0.4) is 0 Å². The van der Waals surface area contributed by atoms with Crippen LogP contribution in [0.15, 0.2) is 47.1 Å². The summed E-state index contributed by atoms with van der Waals surface area (Å²) in [4.78, 5) is 17.8. The number of carbonyl (C=O) groups excluding carboxylic acids is 1. The Balaban J connectivity index is 1.67. The molecule has 2 heterocycles. The van der Waals surface area contributed by atoms with Crippen LogP contribution in [0.4, 0.5) is 23.7 Å². The number of rotatable bonds is 4. The van der Waals surface area contributed by atoms with Crippen molar-refractivity contribution in [1.29, 1.82) is 0 Å². The maximum absolute atomic E-state index is 13.6. The van der Waals surface area contributed by atoms with Gasteiger partial charge in [0.1, 0.15) is 5.60 Å². The van der Waals surface area contributed by atoms with Crippen LogP contribution in [0.5, 0.6) is 0 Å². The Kier molecular flexibility index (Phi) is 6.83. The Labute approximate surface area is 188 Å². The molecule has 0 spiro atoms. The maximum atomic E-state index is 13.6. The number of nitrogens with zero attached hydrogens (tertiary/aromatic N) is 2. The quantitative estimate of drug-likeness (QED) is 0.537. The third-order valence-electron chi connectivity index (χ3n) is 4.91. The standard InChI is InChI=1S/C22H25BrF3N3O2/c1-21(2,3)31-20(30)29-11-10-15(13-29)14-4-7-17(8-5-14)28-19(22(24,25)26)18-9-6-16(23)12-27-18/h4-9,12,15,19,28H,10-11,13H2,1-3H3/t15-,19-/m1/s1. The van der Waals surface area contributed by atoms with Gasteiger partial charge in [-0.3, -0.25) is 4.98 Å². The first-order valence-corrected chi connectivity index (χ1v) is 10.7. The van der Waals surface area contributed by atoms with Gasteiger partial charge in [-0.15, -0.1) is 0 Å². The Hall–Kier alpha value is -2.29. The monoisotopic (exact) mass is 499 g/mol. The van der Waals surface area contributed by atoms with Gasteiger partial charge in [0, 0.05) is 35.4 Å². The van der Waals surface area contributed by atoms with Crippen LogP contribution < -0.4 is 5.32 Å². The fraction of sp³-hybridized carbons (Fsp3) is 0.455. The Morgan fingerprint density at radius 2 is 1.87 bits per heavy atom. The van der Waals surface area contributed by atoms with Crippen LogP contribution >= 0.6 is 15.9 Å². The molecule has 0 saturated carbocycles. The van der Waals surface area contributed by atoms with E-state index in [9.17, 15) is 18.0 Å². The SMILES string of the molecule is CC(C)(C)OC(=O)N1CC[C@@H](c2ccc(N[C@H](c3ccc(Br)cn3)C(F)(F)F)cc2)C1. The number of hydrogen-bond donors (Lipinski definition) is 1. The Bertz CT molecular complexity index is 896. The van der Waals surface area contributed by atoms with Crippen LogP contribution in [-0.4, -0.2) is 40.8 Å². The maximum Gasteiger partial charge on any atom is 0.414 e. The second-order valence-electron chi connectivity index (χ2n) is 8.55. The van der Waals surface area contributed by atoms with Crippen LogP contribution in [0, 0.1) is 0 Å². The molecule has 1 aliphatic rings. The molecule has 9 heteroatoms. The number of amides is 1. The first-order chi connectivity index (χ1) is 14.4. The van der Waals surface area contributed by atoms with E-state index < -0.39 is 17.8 Å². The van der Waals surface area contributed by atoms with E-state index in [1.165, 1.54) is 18.3 Å². The number of carbonyl (C=O) groups is 1. The topological polar surface area (TPSA) is 54.5 Å². The minimum Gasteiger partial charge on any atom is -0.444 e. The molecule has 1 N–H and O–H groups in total. The smallest absolute Gasteiger partial charge is 0.414 e. The fourth-order valence-electron chi connectivity index (χ4n) is 3.42. The number of alkyl halides is 3. The van der Waals surface area contributed by atoms with E-state index >= 15 is 0 Å². The molecule has 5 nitrogen and oxygen atoms in total.